The van der Waals surface area contributed by atoms with Crippen LogP contribution in [-0.4, -0.2) is 42.6 Å². The lowest BCUT2D eigenvalue weighted by atomic mass is 9.87. The summed E-state index contributed by atoms with van der Waals surface area (Å²) in [7, 11) is 1.03. The number of carbonyl (C=O) groups is 3. The van der Waals surface area contributed by atoms with Crippen LogP contribution in [0.2, 0.25) is 0 Å². The Labute approximate surface area is 161 Å². The molecule has 1 amide bonds. The third-order valence-corrected chi connectivity index (χ3v) is 4.38. The van der Waals surface area contributed by atoms with E-state index in [-0.39, 0.29) is 29.4 Å². The van der Waals surface area contributed by atoms with Gasteiger partial charge in [-0.3, -0.25) is 19.7 Å². The van der Waals surface area contributed by atoms with E-state index in [1.54, 1.807) is 6.92 Å². The molecule has 0 saturated heterocycles. The monoisotopic (exact) mass is 394 g/mol. The number of carbonyl (C=O) groups excluding carboxylic acids is 3. The van der Waals surface area contributed by atoms with Crippen LogP contribution >= 0.6 is 0 Å². The standard InChI is InChI=1S/C18H22N2O8/c1-3-27-17(22)11-4-6-12(7-5-11)28-13-8-9-14(15(10-13)20(24)25)19-16(21)18(23)26-2/h8-12H,3-7H2,1-2H3,(H,19,21). The summed E-state index contributed by atoms with van der Waals surface area (Å²) in [4.78, 5) is 45.1. The molecule has 0 radical (unpaired) electrons. The smallest absolute Gasteiger partial charge is 0.396 e. The van der Waals surface area contributed by atoms with E-state index in [1.807, 2.05) is 0 Å². The van der Waals surface area contributed by atoms with Crippen LogP contribution in [0.1, 0.15) is 32.6 Å². The van der Waals surface area contributed by atoms with Gasteiger partial charge in [-0.05, 0) is 44.7 Å². The molecule has 1 aliphatic rings. The number of ether oxygens (including phenoxy) is 3. The third kappa shape index (κ3) is 5.41. The zero-order chi connectivity index (χ0) is 20.7. The molecule has 10 heteroatoms. The number of nitrogens with one attached hydrogen (secondary N) is 1. The molecule has 1 aromatic rings. The Morgan fingerprint density at radius 2 is 1.89 bits per heavy atom. The SMILES string of the molecule is CCOC(=O)C1CCC(Oc2ccc(NC(=O)C(=O)OC)c([N+](=O)[O-])c2)CC1. The summed E-state index contributed by atoms with van der Waals surface area (Å²) in [5, 5.41) is 13.4. The van der Waals surface area contributed by atoms with Crippen molar-refractivity contribution >= 4 is 29.2 Å². The highest BCUT2D eigenvalue weighted by molar-refractivity contribution is 6.37. The van der Waals surface area contributed by atoms with Crippen molar-refractivity contribution in [3.8, 4) is 5.75 Å². The average Bonchev–Trinajstić information content (AvgIpc) is 2.69. The number of anilines is 1. The number of amides is 1. The number of nitro benzene ring substituents is 1. The molecule has 0 atom stereocenters. The fraction of sp³-hybridized carbons (Fsp3) is 0.500. The van der Waals surface area contributed by atoms with Gasteiger partial charge in [-0.1, -0.05) is 0 Å². The first-order valence-corrected chi connectivity index (χ1v) is 8.86. The molecule has 1 N–H and O–H groups in total. The highest BCUT2D eigenvalue weighted by atomic mass is 16.6. The average molecular weight is 394 g/mol. The summed E-state index contributed by atoms with van der Waals surface area (Å²) in [5.41, 5.74) is -0.547. The number of nitro groups is 1. The Bertz CT molecular complexity index is 756. The molecule has 0 heterocycles. The topological polar surface area (TPSA) is 134 Å². The summed E-state index contributed by atoms with van der Waals surface area (Å²) in [6, 6.07) is 3.94. The summed E-state index contributed by atoms with van der Waals surface area (Å²) >= 11 is 0. The Balaban J connectivity index is 2.02. The number of methoxy groups -OCH3 is 1. The van der Waals surface area contributed by atoms with Crippen LogP contribution < -0.4 is 10.1 Å². The normalized spacial score (nSPS) is 18.6. The highest BCUT2D eigenvalue weighted by Gasteiger charge is 2.29. The first-order chi connectivity index (χ1) is 13.3. The molecule has 0 bridgehead atoms. The number of esters is 2. The van der Waals surface area contributed by atoms with E-state index < -0.39 is 22.5 Å². The molecule has 1 aliphatic carbocycles. The van der Waals surface area contributed by atoms with E-state index in [2.05, 4.69) is 10.1 Å². The molecule has 1 fully saturated rings. The quantitative estimate of drug-likeness (QED) is 0.336. The first kappa shape index (κ1) is 21.1. The minimum atomic E-state index is -1.16. The van der Waals surface area contributed by atoms with Gasteiger partial charge in [0.25, 0.3) is 5.69 Å². The van der Waals surface area contributed by atoms with Crippen LogP contribution in [0, 0.1) is 16.0 Å². The van der Waals surface area contributed by atoms with E-state index in [4.69, 9.17) is 9.47 Å². The first-order valence-electron chi connectivity index (χ1n) is 8.86. The number of nitrogens with zero attached hydrogens (tertiary/aromatic N) is 1. The summed E-state index contributed by atoms with van der Waals surface area (Å²) < 4.78 is 15.1. The largest absolute Gasteiger partial charge is 0.490 e. The molecule has 0 unspecified atom stereocenters. The molecule has 0 spiro atoms. The van der Waals surface area contributed by atoms with Crippen LogP contribution in [0.25, 0.3) is 0 Å². The van der Waals surface area contributed by atoms with Crippen LogP contribution in [0.15, 0.2) is 18.2 Å². The van der Waals surface area contributed by atoms with E-state index in [1.165, 1.54) is 18.2 Å². The lowest BCUT2D eigenvalue weighted by Gasteiger charge is -2.27. The van der Waals surface area contributed by atoms with E-state index >= 15 is 0 Å². The lowest BCUT2D eigenvalue weighted by molar-refractivity contribution is -0.384. The molecule has 10 nitrogen and oxygen atoms in total. The van der Waals surface area contributed by atoms with Crippen molar-refractivity contribution < 1.29 is 33.5 Å². The van der Waals surface area contributed by atoms with Gasteiger partial charge in [0.15, 0.2) is 0 Å². The van der Waals surface area contributed by atoms with E-state index in [0.29, 0.717) is 32.3 Å². The number of hydrogen-bond donors (Lipinski definition) is 1. The Morgan fingerprint density at radius 1 is 1.21 bits per heavy atom. The van der Waals surface area contributed by atoms with Gasteiger partial charge in [-0.15, -0.1) is 0 Å². The maximum atomic E-state index is 11.8. The fourth-order valence-electron chi connectivity index (χ4n) is 2.98. The molecular weight excluding hydrogens is 372 g/mol. The van der Waals surface area contributed by atoms with Gasteiger partial charge in [0, 0.05) is 0 Å². The van der Waals surface area contributed by atoms with Crippen LogP contribution in [-0.2, 0) is 23.9 Å². The second-order valence-electron chi connectivity index (χ2n) is 6.23. The molecule has 2 rings (SSSR count). The second-order valence-corrected chi connectivity index (χ2v) is 6.23. The van der Waals surface area contributed by atoms with Crippen molar-refractivity contribution in [2.45, 2.75) is 38.7 Å². The summed E-state index contributed by atoms with van der Waals surface area (Å²) in [6.07, 6.45) is 2.31. The second kappa shape index (κ2) is 9.67. The van der Waals surface area contributed by atoms with Gasteiger partial charge < -0.3 is 19.5 Å². The Morgan fingerprint density at radius 3 is 2.46 bits per heavy atom. The summed E-state index contributed by atoms with van der Waals surface area (Å²) in [6.45, 7) is 2.11. The third-order valence-electron chi connectivity index (χ3n) is 4.38. The van der Waals surface area contributed by atoms with Gasteiger partial charge in [-0.25, -0.2) is 4.79 Å². The van der Waals surface area contributed by atoms with Crippen LogP contribution in [0.3, 0.4) is 0 Å². The summed E-state index contributed by atoms with van der Waals surface area (Å²) in [5.74, 6) is -2.36. The van der Waals surface area contributed by atoms with Crippen LogP contribution in [0.5, 0.6) is 5.75 Å². The predicted octanol–water partition coefficient (Wildman–Crippen LogP) is 2.21. The maximum Gasteiger partial charge on any atom is 0.396 e. The molecule has 28 heavy (non-hydrogen) atoms. The zero-order valence-corrected chi connectivity index (χ0v) is 15.6. The minimum absolute atomic E-state index is 0.140. The number of hydrogen-bond acceptors (Lipinski definition) is 8. The van der Waals surface area contributed by atoms with E-state index in [9.17, 15) is 24.5 Å². The van der Waals surface area contributed by atoms with Crippen molar-refractivity contribution in [1.82, 2.24) is 0 Å². The van der Waals surface area contributed by atoms with E-state index in [0.717, 1.165) is 7.11 Å². The zero-order valence-electron chi connectivity index (χ0n) is 15.6. The van der Waals surface area contributed by atoms with Crippen molar-refractivity contribution in [1.29, 1.82) is 0 Å². The van der Waals surface area contributed by atoms with Crippen molar-refractivity contribution in [3.63, 3.8) is 0 Å². The molecular formula is C18H22N2O8. The maximum absolute atomic E-state index is 11.8. The van der Waals surface area contributed by atoms with Crippen molar-refractivity contribution in [2.75, 3.05) is 19.0 Å². The van der Waals surface area contributed by atoms with Gasteiger partial charge >= 0.3 is 17.8 Å². The Kier molecular flexibility index (Phi) is 7.30. The number of rotatable bonds is 6. The molecule has 0 aliphatic heterocycles. The van der Waals surface area contributed by atoms with Gasteiger partial charge in [0.2, 0.25) is 0 Å². The lowest BCUT2D eigenvalue weighted by Crippen LogP contribution is -2.29. The van der Waals surface area contributed by atoms with Crippen molar-refractivity contribution in [2.24, 2.45) is 5.92 Å². The fourth-order valence-corrected chi connectivity index (χ4v) is 2.98. The molecule has 0 aromatic heterocycles. The van der Waals surface area contributed by atoms with Gasteiger partial charge in [-0.2, -0.15) is 0 Å². The Hall–Kier alpha value is -3.17. The van der Waals surface area contributed by atoms with Crippen molar-refractivity contribution in [3.05, 3.63) is 28.3 Å². The molecule has 1 aromatic carbocycles. The van der Waals surface area contributed by atoms with Crippen LogP contribution in [0.4, 0.5) is 11.4 Å². The predicted molar refractivity (Wildman–Crippen MR) is 96.7 cm³/mol. The molecule has 152 valence electrons. The molecule has 1 saturated carbocycles. The van der Waals surface area contributed by atoms with Gasteiger partial charge in [0.05, 0.1) is 36.7 Å². The highest BCUT2D eigenvalue weighted by Crippen LogP contribution is 2.33. The minimum Gasteiger partial charge on any atom is -0.490 e. The number of benzene rings is 1. The van der Waals surface area contributed by atoms with Gasteiger partial charge in [0.1, 0.15) is 11.4 Å².